The largest absolute Gasteiger partial charge is 0.465 e. The Hall–Kier alpha value is -1.60. The second-order valence-corrected chi connectivity index (χ2v) is 8.57. The maximum Gasteiger partial charge on any atom is 0.255 e. The lowest BCUT2D eigenvalue weighted by atomic mass is 10.2. The normalized spacial score (nSPS) is 11.5. The predicted octanol–water partition coefficient (Wildman–Crippen LogP) is 3.39. The monoisotopic (exact) mass is 413 g/mol. The quantitative estimate of drug-likeness (QED) is 0.705. The summed E-state index contributed by atoms with van der Waals surface area (Å²) in [5.74, 6) is 0.966. The van der Waals surface area contributed by atoms with Gasteiger partial charge in [-0.2, -0.15) is 0 Å². The number of rotatable bonds is 7. The van der Waals surface area contributed by atoms with Gasteiger partial charge >= 0.3 is 0 Å². The van der Waals surface area contributed by atoms with Gasteiger partial charge in [0.15, 0.2) is 9.84 Å². The molecule has 0 aliphatic rings. The van der Waals surface area contributed by atoms with Crippen LogP contribution in [0.2, 0.25) is 0 Å². The first-order valence-corrected chi connectivity index (χ1v) is 10.2. The number of nitrogens with one attached hydrogen (secondary N) is 1. The molecule has 0 bridgehead atoms. The van der Waals surface area contributed by atoms with Crippen LogP contribution in [-0.4, -0.2) is 26.6 Å². The summed E-state index contributed by atoms with van der Waals surface area (Å²) in [5.41, 5.74) is 1.23. The Balaban J connectivity index is 1.83. The summed E-state index contributed by atoms with van der Waals surface area (Å²) in [6, 6.07) is 9.07. The fraction of sp³-hybridized carbons (Fsp3) is 0.353. The summed E-state index contributed by atoms with van der Waals surface area (Å²) in [4.78, 5) is 12.2. The minimum absolute atomic E-state index is 0.0212. The van der Waals surface area contributed by atoms with Crippen molar-refractivity contribution in [3.05, 3.63) is 57.5 Å². The molecule has 1 aromatic heterocycles. The minimum Gasteiger partial charge on any atom is -0.465 e. The molecule has 24 heavy (non-hydrogen) atoms. The molecule has 7 heteroatoms. The minimum atomic E-state index is -3.19. The average molecular weight is 414 g/mol. The average Bonchev–Trinajstić information content (AvgIpc) is 2.77. The summed E-state index contributed by atoms with van der Waals surface area (Å²) in [5, 5.41) is 2.74. The van der Waals surface area contributed by atoms with Gasteiger partial charge < -0.3 is 9.73 Å². The molecule has 0 saturated heterocycles. The molecule has 0 atom stereocenters. The van der Waals surface area contributed by atoms with E-state index in [0.717, 1.165) is 5.56 Å². The summed E-state index contributed by atoms with van der Waals surface area (Å²) < 4.78 is 30.2. The zero-order valence-electron chi connectivity index (χ0n) is 13.6. The molecule has 130 valence electrons. The molecule has 1 N–H and O–H groups in total. The molecule has 2 rings (SSSR count). The number of carbonyl (C=O) groups excluding carboxylic acids is 1. The Morgan fingerprint density at radius 2 is 1.83 bits per heavy atom. The van der Waals surface area contributed by atoms with Crippen LogP contribution >= 0.6 is 15.9 Å². The van der Waals surface area contributed by atoms with E-state index in [1.165, 1.54) is 0 Å². The van der Waals surface area contributed by atoms with Crippen molar-refractivity contribution in [2.75, 3.05) is 12.3 Å². The Labute approximate surface area is 150 Å². The van der Waals surface area contributed by atoms with Crippen molar-refractivity contribution < 1.29 is 17.6 Å². The molecule has 1 heterocycles. The van der Waals surface area contributed by atoms with Crippen molar-refractivity contribution in [3.8, 4) is 0 Å². The molecule has 0 fully saturated rings. The number of amides is 1. The second kappa shape index (κ2) is 7.98. The van der Waals surface area contributed by atoms with Gasteiger partial charge in [0, 0.05) is 6.54 Å². The number of carbonyl (C=O) groups is 1. The highest BCUT2D eigenvalue weighted by Crippen LogP contribution is 2.27. The van der Waals surface area contributed by atoms with Gasteiger partial charge in [-0.05, 0) is 41.8 Å². The van der Waals surface area contributed by atoms with Crippen molar-refractivity contribution in [1.29, 1.82) is 0 Å². The van der Waals surface area contributed by atoms with E-state index in [1.54, 1.807) is 26.0 Å². The van der Waals surface area contributed by atoms with Crippen LogP contribution in [0.25, 0.3) is 0 Å². The SMILES string of the molecule is Cc1oc(C)c(C(=O)NCCCS(=O)(=O)Cc2ccccc2)c1Br. The topological polar surface area (TPSA) is 76.4 Å². The highest BCUT2D eigenvalue weighted by atomic mass is 79.9. The number of sulfone groups is 1. The first-order valence-electron chi connectivity index (χ1n) is 7.58. The number of halogens is 1. The first-order chi connectivity index (χ1) is 11.3. The highest BCUT2D eigenvalue weighted by molar-refractivity contribution is 9.10. The van der Waals surface area contributed by atoms with Gasteiger partial charge in [0.2, 0.25) is 0 Å². The van der Waals surface area contributed by atoms with Gasteiger partial charge in [0.05, 0.1) is 21.5 Å². The molecular weight excluding hydrogens is 394 g/mol. The lowest BCUT2D eigenvalue weighted by molar-refractivity contribution is 0.0951. The molecule has 0 aliphatic heterocycles. The van der Waals surface area contributed by atoms with E-state index in [1.807, 2.05) is 18.2 Å². The predicted molar refractivity (Wildman–Crippen MR) is 96.8 cm³/mol. The smallest absolute Gasteiger partial charge is 0.255 e. The van der Waals surface area contributed by atoms with Gasteiger partial charge in [-0.25, -0.2) is 8.42 Å². The molecule has 1 amide bonds. The number of furan rings is 1. The number of hydrogen-bond donors (Lipinski definition) is 1. The van der Waals surface area contributed by atoms with Crippen molar-refractivity contribution in [2.45, 2.75) is 26.0 Å². The van der Waals surface area contributed by atoms with Gasteiger partial charge in [-0.15, -0.1) is 0 Å². The Morgan fingerprint density at radius 1 is 1.17 bits per heavy atom. The van der Waals surface area contributed by atoms with Gasteiger partial charge in [-0.1, -0.05) is 30.3 Å². The zero-order chi connectivity index (χ0) is 17.7. The maximum absolute atomic E-state index is 12.2. The van der Waals surface area contributed by atoms with Gasteiger partial charge in [0.25, 0.3) is 5.91 Å². The number of hydrogen-bond acceptors (Lipinski definition) is 4. The Morgan fingerprint density at radius 3 is 2.42 bits per heavy atom. The third-order valence-electron chi connectivity index (χ3n) is 3.56. The van der Waals surface area contributed by atoms with Crippen LogP contribution in [0.5, 0.6) is 0 Å². The number of benzene rings is 1. The lowest BCUT2D eigenvalue weighted by Crippen LogP contribution is -2.26. The van der Waals surface area contributed by atoms with Crippen LogP contribution in [0, 0.1) is 13.8 Å². The van der Waals surface area contributed by atoms with E-state index in [0.29, 0.717) is 34.5 Å². The summed E-state index contributed by atoms with van der Waals surface area (Å²) in [6.45, 7) is 3.78. The molecule has 2 aromatic rings. The van der Waals surface area contributed by atoms with Gasteiger partial charge in [-0.3, -0.25) is 4.79 Å². The van der Waals surface area contributed by atoms with Crippen LogP contribution in [0.4, 0.5) is 0 Å². The van der Waals surface area contributed by atoms with E-state index in [9.17, 15) is 13.2 Å². The Kier molecular flexibility index (Phi) is 6.23. The van der Waals surface area contributed by atoms with Crippen LogP contribution in [0.1, 0.15) is 33.9 Å². The standard InChI is InChI=1S/C17H20BrNO4S/c1-12-15(16(18)13(2)23-12)17(20)19-9-6-10-24(21,22)11-14-7-4-3-5-8-14/h3-5,7-8H,6,9-11H2,1-2H3,(H,19,20). The molecular formula is C17H20BrNO4S. The first kappa shape index (κ1) is 18.7. The Bertz CT molecular complexity index is 813. The molecule has 0 radical (unpaired) electrons. The third-order valence-corrected chi connectivity index (χ3v) is 6.20. The van der Waals surface area contributed by atoms with Crippen LogP contribution in [0.3, 0.4) is 0 Å². The van der Waals surface area contributed by atoms with Crippen molar-refractivity contribution in [3.63, 3.8) is 0 Å². The van der Waals surface area contributed by atoms with Gasteiger partial charge in [0.1, 0.15) is 11.5 Å². The van der Waals surface area contributed by atoms with E-state index >= 15 is 0 Å². The summed E-state index contributed by atoms with van der Waals surface area (Å²) in [6.07, 6.45) is 0.369. The maximum atomic E-state index is 12.2. The second-order valence-electron chi connectivity index (χ2n) is 5.59. The van der Waals surface area contributed by atoms with Crippen molar-refractivity contribution >= 4 is 31.7 Å². The molecule has 1 aromatic carbocycles. The highest BCUT2D eigenvalue weighted by Gasteiger charge is 2.19. The molecule has 0 spiro atoms. The van der Waals surface area contributed by atoms with E-state index in [2.05, 4.69) is 21.2 Å². The van der Waals surface area contributed by atoms with Crippen LogP contribution in [-0.2, 0) is 15.6 Å². The van der Waals surface area contributed by atoms with Crippen molar-refractivity contribution in [1.82, 2.24) is 5.32 Å². The van der Waals surface area contributed by atoms with E-state index in [4.69, 9.17) is 4.42 Å². The zero-order valence-corrected chi connectivity index (χ0v) is 16.0. The fourth-order valence-electron chi connectivity index (χ4n) is 2.40. The van der Waals surface area contributed by atoms with Crippen LogP contribution < -0.4 is 5.32 Å². The summed E-state index contributed by atoms with van der Waals surface area (Å²) in [7, 11) is -3.19. The molecule has 0 saturated carbocycles. The number of aryl methyl sites for hydroxylation is 2. The third kappa shape index (κ3) is 4.95. The molecule has 0 unspecified atom stereocenters. The molecule has 5 nitrogen and oxygen atoms in total. The molecule has 0 aliphatic carbocycles. The van der Waals surface area contributed by atoms with Crippen LogP contribution in [0.15, 0.2) is 39.2 Å². The van der Waals surface area contributed by atoms with Crippen molar-refractivity contribution in [2.24, 2.45) is 0 Å². The van der Waals surface area contributed by atoms with E-state index in [-0.39, 0.29) is 17.4 Å². The fourth-order valence-corrected chi connectivity index (χ4v) is 4.37. The lowest BCUT2D eigenvalue weighted by Gasteiger charge is -2.06. The summed E-state index contributed by atoms with van der Waals surface area (Å²) >= 11 is 3.33. The van der Waals surface area contributed by atoms with E-state index < -0.39 is 9.84 Å².